The summed E-state index contributed by atoms with van der Waals surface area (Å²) in [4.78, 5) is 24.0. The molecule has 7 nitrogen and oxygen atoms in total. The van der Waals surface area contributed by atoms with Crippen molar-refractivity contribution in [2.75, 3.05) is 19.8 Å². The molecule has 7 heteroatoms. The summed E-state index contributed by atoms with van der Waals surface area (Å²) in [5, 5.41) is 23.6. The molecule has 0 aromatic rings. The van der Waals surface area contributed by atoms with Crippen LogP contribution in [0.5, 0.6) is 0 Å². The van der Waals surface area contributed by atoms with Crippen LogP contribution in [0.25, 0.3) is 0 Å². The minimum absolute atomic E-state index is 0.0381. The van der Waals surface area contributed by atoms with Crippen LogP contribution < -0.4 is 0 Å². The molecule has 2 aliphatic carbocycles. The van der Waals surface area contributed by atoms with Crippen LogP contribution in [0.2, 0.25) is 0 Å². The quantitative estimate of drug-likeness (QED) is 0.476. The summed E-state index contributed by atoms with van der Waals surface area (Å²) >= 11 is 0. The molecule has 2 aliphatic heterocycles. The molecule has 6 atom stereocenters. The largest absolute Gasteiger partial charge is 0.461 e. The second-order valence-electron chi connectivity index (χ2n) is 10.6. The maximum Gasteiger partial charge on any atom is 0.333 e. The Labute approximate surface area is 189 Å². The Balaban J connectivity index is 1.70. The van der Waals surface area contributed by atoms with E-state index in [1.54, 1.807) is 26.0 Å². The Morgan fingerprint density at radius 3 is 2.78 bits per heavy atom. The number of hydrogen-bond donors (Lipinski definition) is 2. The number of carbonyl (C=O) groups excluding carboxylic acids is 2. The van der Waals surface area contributed by atoms with Gasteiger partial charge in [-0.15, -0.1) is 0 Å². The van der Waals surface area contributed by atoms with Gasteiger partial charge in [0.05, 0.1) is 12.0 Å². The van der Waals surface area contributed by atoms with Crippen LogP contribution in [0.15, 0.2) is 23.3 Å². The molecule has 0 aromatic heterocycles. The molecule has 0 amide bonds. The Kier molecular flexibility index (Phi) is 5.83. The van der Waals surface area contributed by atoms with Gasteiger partial charge in [0.15, 0.2) is 5.79 Å². The van der Waals surface area contributed by atoms with Crippen molar-refractivity contribution in [3.05, 3.63) is 23.3 Å². The first kappa shape index (κ1) is 23.5. The van der Waals surface area contributed by atoms with Crippen LogP contribution in [0.3, 0.4) is 0 Å². The predicted molar refractivity (Wildman–Crippen MR) is 116 cm³/mol. The van der Waals surface area contributed by atoms with E-state index < -0.39 is 22.8 Å². The molecule has 0 bridgehead atoms. The highest BCUT2D eigenvalue weighted by Gasteiger charge is 2.78. The third-order valence-electron chi connectivity index (χ3n) is 9.15. The number of esters is 2. The average molecular weight is 449 g/mol. The van der Waals surface area contributed by atoms with Crippen molar-refractivity contribution in [3.8, 4) is 0 Å². The highest BCUT2D eigenvalue weighted by atomic mass is 16.6. The van der Waals surface area contributed by atoms with Crippen molar-refractivity contribution in [1.29, 1.82) is 0 Å². The summed E-state index contributed by atoms with van der Waals surface area (Å²) in [6, 6.07) is 0. The molecule has 0 spiro atoms. The van der Waals surface area contributed by atoms with Crippen LogP contribution in [-0.2, 0) is 23.8 Å². The van der Waals surface area contributed by atoms with Gasteiger partial charge in [0, 0.05) is 18.1 Å². The lowest BCUT2D eigenvalue weighted by Crippen LogP contribution is -2.71. The minimum Gasteiger partial charge on any atom is -0.461 e. The Morgan fingerprint density at radius 1 is 1.38 bits per heavy atom. The number of aliphatic hydroxyl groups is 2. The zero-order chi connectivity index (χ0) is 23.4. The van der Waals surface area contributed by atoms with Crippen molar-refractivity contribution in [1.82, 2.24) is 0 Å². The fourth-order valence-electron chi connectivity index (χ4n) is 6.89. The van der Waals surface area contributed by atoms with E-state index in [0.29, 0.717) is 31.4 Å². The first-order chi connectivity index (χ1) is 15.0. The molecular weight excluding hydrogens is 412 g/mol. The zero-order valence-electron chi connectivity index (χ0n) is 19.6. The van der Waals surface area contributed by atoms with Crippen LogP contribution in [0, 0.1) is 22.7 Å². The molecule has 2 N–H and O–H groups in total. The average Bonchev–Trinajstić information content (AvgIpc) is 3.27. The lowest BCUT2D eigenvalue weighted by molar-refractivity contribution is -0.327. The molecule has 2 heterocycles. The van der Waals surface area contributed by atoms with E-state index in [0.717, 1.165) is 24.8 Å². The molecule has 2 saturated carbocycles. The summed E-state index contributed by atoms with van der Waals surface area (Å²) in [6.45, 7) is 8.09. The third kappa shape index (κ3) is 3.27. The van der Waals surface area contributed by atoms with Crippen molar-refractivity contribution < 1.29 is 34.0 Å². The van der Waals surface area contributed by atoms with E-state index >= 15 is 0 Å². The van der Waals surface area contributed by atoms with E-state index in [1.165, 1.54) is 0 Å². The van der Waals surface area contributed by atoms with Crippen molar-refractivity contribution in [3.63, 3.8) is 0 Å². The lowest BCUT2D eigenvalue weighted by Gasteiger charge is -2.64. The monoisotopic (exact) mass is 448 g/mol. The molecule has 3 fully saturated rings. The van der Waals surface area contributed by atoms with Gasteiger partial charge in [-0.2, -0.15) is 0 Å². The zero-order valence-corrected chi connectivity index (χ0v) is 19.6. The third-order valence-corrected chi connectivity index (χ3v) is 9.15. The molecule has 0 unspecified atom stereocenters. The van der Waals surface area contributed by atoms with E-state index in [-0.39, 0.29) is 36.4 Å². The molecule has 4 rings (SSSR count). The van der Waals surface area contributed by atoms with Crippen molar-refractivity contribution in [2.45, 2.75) is 77.6 Å². The second-order valence-corrected chi connectivity index (χ2v) is 10.6. The molecule has 0 radical (unpaired) electrons. The fraction of sp³-hybridized carbons (Fsp3) is 0.760. The molecule has 1 saturated heterocycles. The Hall–Kier alpha value is -1.70. The van der Waals surface area contributed by atoms with Gasteiger partial charge in [0.2, 0.25) is 0 Å². The van der Waals surface area contributed by atoms with E-state index in [9.17, 15) is 19.8 Å². The van der Waals surface area contributed by atoms with E-state index in [1.807, 2.05) is 0 Å². The fourth-order valence-corrected chi connectivity index (χ4v) is 6.89. The van der Waals surface area contributed by atoms with Crippen molar-refractivity contribution >= 4 is 11.9 Å². The van der Waals surface area contributed by atoms with Crippen LogP contribution in [0.4, 0.5) is 0 Å². The normalized spacial score (nSPS) is 43.5. The number of carbonyl (C=O) groups is 2. The van der Waals surface area contributed by atoms with Gasteiger partial charge in [0.1, 0.15) is 18.8 Å². The minimum atomic E-state index is -1.55. The smallest absolute Gasteiger partial charge is 0.333 e. The summed E-state index contributed by atoms with van der Waals surface area (Å²) < 4.78 is 16.8. The highest BCUT2D eigenvalue weighted by Crippen LogP contribution is 2.70. The van der Waals surface area contributed by atoms with Gasteiger partial charge >= 0.3 is 11.9 Å². The summed E-state index contributed by atoms with van der Waals surface area (Å²) in [5.74, 6) is -2.29. The van der Waals surface area contributed by atoms with Gasteiger partial charge in [0.25, 0.3) is 0 Å². The van der Waals surface area contributed by atoms with E-state index in [2.05, 4.69) is 13.8 Å². The maximum absolute atomic E-state index is 12.5. The Morgan fingerprint density at radius 2 is 2.12 bits per heavy atom. The topological polar surface area (TPSA) is 102 Å². The molecule has 32 heavy (non-hydrogen) atoms. The number of ether oxygens (including phenoxy) is 3. The SMILES string of the molecule is C/C=C(\C)C(=O)OC[C@]12[C@H]3CCC[C@@]1(O)CO[C@@]2(O)C[C@H](C)[C@@]3(C)CCC1=CC(=O)OC1. The summed E-state index contributed by atoms with van der Waals surface area (Å²) in [7, 11) is 0. The summed E-state index contributed by atoms with van der Waals surface area (Å²) in [5.41, 5.74) is -1.14. The van der Waals surface area contributed by atoms with Gasteiger partial charge < -0.3 is 24.4 Å². The molecule has 0 aromatic carbocycles. The molecular formula is C25H36O7. The first-order valence-electron chi connectivity index (χ1n) is 11.8. The standard InChI is InChI=1S/C25H36O7/c1-5-16(2)21(27)31-15-24-19-7-6-9-23(24,28)14-32-25(24,29)12-17(3)22(19,4)10-8-18-11-20(26)30-13-18/h5,11,17,19,28-29H,6-10,12-15H2,1-4H3/b16-5+/t17-,19-,22+,23+,24-,25-/m0/s1. The van der Waals surface area contributed by atoms with Crippen LogP contribution in [-0.4, -0.2) is 53.4 Å². The number of hydrogen-bond acceptors (Lipinski definition) is 7. The summed E-state index contributed by atoms with van der Waals surface area (Å²) in [6.07, 6.45) is 7.26. The number of rotatable bonds is 6. The van der Waals surface area contributed by atoms with Gasteiger partial charge in [-0.05, 0) is 62.4 Å². The number of cyclic esters (lactones) is 1. The maximum atomic E-state index is 12.5. The van der Waals surface area contributed by atoms with Crippen LogP contribution >= 0.6 is 0 Å². The van der Waals surface area contributed by atoms with E-state index in [4.69, 9.17) is 14.2 Å². The lowest BCUT2D eigenvalue weighted by atomic mass is 9.42. The molecule has 4 aliphatic rings. The Bertz CT molecular complexity index is 862. The van der Waals surface area contributed by atoms with Crippen molar-refractivity contribution in [2.24, 2.45) is 22.7 Å². The molecule has 178 valence electrons. The highest BCUT2D eigenvalue weighted by molar-refractivity contribution is 5.87. The second kappa shape index (κ2) is 7.96. The first-order valence-corrected chi connectivity index (χ1v) is 11.8. The van der Waals surface area contributed by atoms with Crippen LogP contribution in [0.1, 0.15) is 66.2 Å². The predicted octanol–water partition coefficient (Wildman–Crippen LogP) is 3.04. The van der Waals surface area contributed by atoms with Gasteiger partial charge in [-0.1, -0.05) is 26.3 Å². The van der Waals surface area contributed by atoms with Gasteiger partial charge in [-0.25, -0.2) is 9.59 Å². The number of allylic oxidation sites excluding steroid dienone is 1. The van der Waals surface area contributed by atoms with Gasteiger partial charge in [-0.3, -0.25) is 0 Å².